The lowest BCUT2D eigenvalue weighted by Crippen LogP contribution is -2.50. The third-order valence-corrected chi connectivity index (χ3v) is 7.05. The summed E-state index contributed by atoms with van der Waals surface area (Å²) in [5.41, 5.74) is -6.10. The summed E-state index contributed by atoms with van der Waals surface area (Å²) in [6, 6.07) is 0. The number of ether oxygens (including phenoxy) is 1. The standard InChI is InChI=1S/C15H21F3NO5S/c16-15(17,18)25(22,23)19(21)2-1-3-24-13(20)14-7-10-4-11(8-14)6-12(5-10)9-14/h10-12H,1-9H2/q-1. The van der Waals surface area contributed by atoms with Gasteiger partial charge in [-0.1, -0.05) is 0 Å². The Balaban J connectivity index is 1.48. The molecule has 0 saturated heterocycles. The van der Waals surface area contributed by atoms with Crippen LogP contribution in [0.15, 0.2) is 0 Å². The molecule has 0 aromatic carbocycles. The van der Waals surface area contributed by atoms with E-state index in [0.29, 0.717) is 17.8 Å². The molecule has 0 atom stereocenters. The summed E-state index contributed by atoms with van der Waals surface area (Å²) in [7, 11) is -5.88. The summed E-state index contributed by atoms with van der Waals surface area (Å²) in [6.07, 6.45) is 5.61. The van der Waals surface area contributed by atoms with Gasteiger partial charge in [0.2, 0.25) is 0 Å². The first-order chi connectivity index (χ1) is 11.5. The van der Waals surface area contributed by atoms with Crippen molar-refractivity contribution in [2.75, 3.05) is 13.2 Å². The van der Waals surface area contributed by atoms with Crippen LogP contribution >= 0.6 is 0 Å². The molecule has 0 amide bonds. The summed E-state index contributed by atoms with van der Waals surface area (Å²) in [4.78, 5) is 12.5. The van der Waals surface area contributed by atoms with E-state index in [0.717, 1.165) is 38.5 Å². The molecule has 0 unspecified atom stereocenters. The molecule has 0 radical (unpaired) electrons. The fourth-order valence-electron chi connectivity index (χ4n) is 5.11. The third-order valence-electron chi connectivity index (χ3n) is 5.75. The van der Waals surface area contributed by atoms with Crippen LogP contribution in [0.2, 0.25) is 0 Å². The lowest BCUT2D eigenvalue weighted by atomic mass is 9.49. The predicted molar refractivity (Wildman–Crippen MR) is 81.2 cm³/mol. The van der Waals surface area contributed by atoms with Crippen molar-refractivity contribution in [1.29, 1.82) is 0 Å². The molecule has 4 aliphatic rings. The molecule has 0 aliphatic heterocycles. The Bertz CT molecular complexity index is 598. The van der Waals surface area contributed by atoms with Gasteiger partial charge < -0.3 is 9.94 Å². The smallest absolute Gasteiger partial charge is 0.510 e. The monoisotopic (exact) mass is 384 g/mol. The van der Waals surface area contributed by atoms with Gasteiger partial charge in [-0.3, -0.25) is 9.26 Å². The van der Waals surface area contributed by atoms with Gasteiger partial charge in [0.15, 0.2) is 0 Å². The molecule has 0 spiro atoms. The van der Waals surface area contributed by atoms with E-state index in [9.17, 15) is 31.6 Å². The molecular formula is C15H21F3NO5S-. The molecular weight excluding hydrogens is 363 g/mol. The van der Waals surface area contributed by atoms with Crippen LogP contribution in [-0.2, 0) is 19.6 Å². The van der Waals surface area contributed by atoms with Gasteiger partial charge in [0.1, 0.15) is 0 Å². The minimum absolute atomic E-state index is 0.257. The number of rotatable bonds is 6. The molecule has 144 valence electrons. The Morgan fingerprint density at radius 1 is 1.12 bits per heavy atom. The van der Waals surface area contributed by atoms with E-state index >= 15 is 0 Å². The maximum Gasteiger partial charge on any atom is 0.510 e. The van der Waals surface area contributed by atoms with Crippen molar-refractivity contribution >= 4 is 16.0 Å². The van der Waals surface area contributed by atoms with Crippen molar-refractivity contribution in [2.45, 2.75) is 50.5 Å². The van der Waals surface area contributed by atoms with Gasteiger partial charge in [-0.25, -0.2) is 8.42 Å². The number of halogens is 3. The van der Waals surface area contributed by atoms with Gasteiger partial charge >= 0.3 is 21.5 Å². The number of carbonyl (C=O) groups excluding carboxylic acids is 1. The van der Waals surface area contributed by atoms with E-state index < -0.39 is 32.0 Å². The van der Waals surface area contributed by atoms with Crippen LogP contribution in [0.25, 0.3) is 0 Å². The van der Waals surface area contributed by atoms with Crippen LogP contribution in [0.3, 0.4) is 0 Å². The molecule has 0 aromatic heterocycles. The maximum atomic E-state index is 12.5. The van der Waals surface area contributed by atoms with E-state index in [2.05, 4.69) is 0 Å². The Kier molecular flexibility index (Phi) is 4.83. The zero-order valence-corrected chi connectivity index (χ0v) is 14.4. The maximum absolute atomic E-state index is 12.5. The van der Waals surface area contributed by atoms with Crippen molar-refractivity contribution in [3.05, 3.63) is 5.21 Å². The molecule has 0 aromatic rings. The molecule has 4 aliphatic carbocycles. The van der Waals surface area contributed by atoms with E-state index in [1.165, 1.54) is 0 Å². The molecule has 4 fully saturated rings. The molecule has 4 rings (SSSR count). The molecule has 0 N–H and O–H groups in total. The number of hydrogen-bond acceptors (Lipinski definition) is 5. The van der Waals surface area contributed by atoms with Crippen LogP contribution in [0.1, 0.15) is 44.9 Å². The van der Waals surface area contributed by atoms with Gasteiger partial charge in [0, 0.05) is 6.54 Å². The second kappa shape index (κ2) is 6.38. The topological polar surface area (TPSA) is 86.7 Å². The quantitative estimate of drug-likeness (QED) is 0.399. The second-order valence-corrected chi connectivity index (χ2v) is 9.48. The Hall–Kier alpha value is -0.870. The van der Waals surface area contributed by atoms with Gasteiger partial charge in [-0.2, -0.15) is 13.2 Å². The molecule has 4 saturated carbocycles. The number of hydrogen-bond donors (Lipinski definition) is 0. The number of sulfonamides is 1. The average Bonchev–Trinajstić information content (AvgIpc) is 2.48. The predicted octanol–water partition coefficient (Wildman–Crippen LogP) is 2.79. The highest BCUT2D eigenvalue weighted by Gasteiger charge is 2.55. The number of nitrogens with zero attached hydrogens (tertiary/aromatic N) is 1. The highest BCUT2D eigenvalue weighted by Crippen LogP contribution is 2.60. The molecule has 25 heavy (non-hydrogen) atoms. The second-order valence-electron chi connectivity index (χ2n) is 7.66. The number of carbonyl (C=O) groups is 1. The number of hydroxylamine groups is 1. The van der Waals surface area contributed by atoms with E-state index in [4.69, 9.17) is 4.74 Å². The largest absolute Gasteiger partial charge is 0.772 e. The van der Waals surface area contributed by atoms with Crippen molar-refractivity contribution < 1.29 is 31.1 Å². The number of alkyl halides is 3. The normalized spacial score (nSPS) is 34.5. The summed E-state index contributed by atoms with van der Waals surface area (Å²) in [6.45, 7) is -1.15. The molecule has 10 heteroatoms. The van der Waals surface area contributed by atoms with Crippen molar-refractivity contribution in [2.24, 2.45) is 23.2 Å². The molecule has 4 bridgehead atoms. The Labute approximate surface area is 144 Å². The first-order valence-electron chi connectivity index (χ1n) is 8.47. The van der Waals surface area contributed by atoms with E-state index in [1.54, 1.807) is 0 Å². The van der Waals surface area contributed by atoms with Crippen molar-refractivity contribution in [1.82, 2.24) is 4.47 Å². The van der Waals surface area contributed by atoms with E-state index in [1.807, 2.05) is 0 Å². The SMILES string of the molecule is O=C(OCCCN([O-])S(=O)(=O)C(F)(F)F)C12CC3CC(CC(C3)C1)C2. The van der Waals surface area contributed by atoms with Crippen LogP contribution in [-0.4, -0.2) is 37.5 Å². The zero-order valence-electron chi connectivity index (χ0n) is 13.6. The first kappa shape index (κ1) is 18.9. The summed E-state index contributed by atoms with van der Waals surface area (Å²) < 4.78 is 62.7. The van der Waals surface area contributed by atoms with E-state index in [-0.39, 0.29) is 19.0 Å². The van der Waals surface area contributed by atoms with Crippen LogP contribution in [0.5, 0.6) is 0 Å². The minimum atomic E-state index is -5.88. The fraction of sp³-hybridized carbons (Fsp3) is 0.933. The average molecular weight is 384 g/mol. The van der Waals surface area contributed by atoms with Gasteiger partial charge in [0.25, 0.3) is 0 Å². The summed E-state index contributed by atoms with van der Waals surface area (Å²) in [5, 5.41) is 11.1. The highest BCUT2D eigenvalue weighted by atomic mass is 32.2. The lowest BCUT2D eigenvalue weighted by Gasteiger charge is -2.55. The van der Waals surface area contributed by atoms with Crippen LogP contribution in [0.4, 0.5) is 13.2 Å². The highest BCUT2D eigenvalue weighted by molar-refractivity contribution is 7.90. The molecule has 6 nitrogen and oxygen atoms in total. The van der Waals surface area contributed by atoms with Gasteiger partial charge in [-0.05, 0) is 62.7 Å². The van der Waals surface area contributed by atoms with Crippen molar-refractivity contribution in [3.63, 3.8) is 0 Å². The lowest BCUT2D eigenvalue weighted by molar-refractivity contribution is -0.171. The first-order valence-corrected chi connectivity index (χ1v) is 9.91. The fourth-order valence-corrected chi connectivity index (χ4v) is 5.71. The van der Waals surface area contributed by atoms with Gasteiger partial charge in [-0.15, -0.1) is 0 Å². The Morgan fingerprint density at radius 3 is 2.04 bits per heavy atom. The van der Waals surface area contributed by atoms with Gasteiger partial charge in [0.05, 0.1) is 12.0 Å². The zero-order chi connectivity index (χ0) is 18.5. The molecule has 0 heterocycles. The summed E-state index contributed by atoms with van der Waals surface area (Å²) >= 11 is 0. The van der Waals surface area contributed by atoms with Crippen molar-refractivity contribution in [3.8, 4) is 0 Å². The van der Waals surface area contributed by atoms with Crippen LogP contribution in [0, 0.1) is 28.4 Å². The van der Waals surface area contributed by atoms with Crippen LogP contribution < -0.4 is 0 Å². The summed E-state index contributed by atoms with van der Waals surface area (Å²) in [5.74, 6) is 1.30. The minimum Gasteiger partial charge on any atom is -0.772 e. The third kappa shape index (κ3) is 3.52. The Morgan fingerprint density at radius 2 is 1.60 bits per heavy atom. The number of esters is 1.